The lowest BCUT2D eigenvalue weighted by molar-refractivity contribution is -0.180. The Morgan fingerprint density at radius 3 is 2.72 bits per heavy atom. The van der Waals surface area contributed by atoms with Crippen LogP contribution in [-0.2, 0) is 11.2 Å². The highest BCUT2D eigenvalue weighted by molar-refractivity contribution is 7.20. The van der Waals surface area contributed by atoms with Crippen molar-refractivity contribution in [2.45, 2.75) is 64.1 Å². The van der Waals surface area contributed by atoms with Gasteiger partial charge >= 0.3 is 0 Å². The third-order valence-electron chi connectivity index (χ3n) is 11.6. The van der Waals surface area contributed by atoms with E-state index in [4.69, 9.17) is 9.84 Å². The van der Waals surface area contributed by atoms with E-state index in [0.29, 0.717) is 18.0 Å². The summed E-state index contributed by atoms with van der Waals surface area (Å²) in [5.74, 6) is 0.147. The zero-order valence-corrected chi connectivity index (χ0v) is 25.4. The third-order valence-corrected chi connectivity index (χ3v) is 12.6. The maximum absolute atomic E-state index is 13.7. The molecule has 2 aromatic carbocycles. The quantitative estimate of drug-likeness (QED) is 0.293. The highest BCUT2D eigenvalue weighted by Gasteiger charge is 2.68. The summed E-state index contributed by atoms with van der Waals surface area (Å²) < 4.78 is 8.89. The van der Waals surface area contributed by atoms with Gasteiger partial charge in [-0.3, -0.25) is 4.79 Å². The van der Waals surface area contributed by atoms with Crippen molar-refractivity contribution in [3.8, 4) is 10.9 Å². The number of Topliss-reactive ketones (excluding diaryl/α,β-unsaturated/α-hetero) is 1. The van der Waals surface area contributed by atoms with Crippen LogP contribution in [0.1, 0.15) is 57.2 Å². The van der Waals surface area contributed by atoms with Gasteiger partial charge in [-0.15, -0.1) is 0 Å². The Labute approximate surface area is 255 Å². The van der Waals surface area contributed by atoms with Crippen molar-refractivity contribution in [3.05, 3.63) is 77.6 Å². The molecule has 8 rings (SSSR count). The zero-order chi connectivity index (χ0) is 29.6. The standard InChI is InChI=1S/C35H37N3O4S/c1-33-17-21-19-36-38(23-8-4-3-5-9-23)27(21)16-22(33)12-13-24-25-14-15-35(41,34(25,2)18-28(39)31(24)33)30(40)20-42-32-37-26-10-6-7-11-29(26)43-32/h3-11,16,19,24-25,28,31,39,41H,12-15,17-18,20H2,1-2H3. The first-order chi connectivity index (χ1) is 20.7. The van der Waals surface area contributed by atoms with Crippen LogP contribution in [0.15, 0.2) is 66.4 Å². The van der Waals surface area contributed by atoms with Crippen molar-refractivity contribution in [2.75, 3.05) is 6.61 Å². The van der Waals surface area contributed by atoms with Gasteiger partial charge in [0.15, 0.2) is 6.61 Å². The molecule has 43 heavy (non-hydrogen) atoms. The van der Waals surface area contributed by atoms with Crippen molar-refractivity contribution in [2.24, 2.45) is 28.6 Å². The Balaban J connectivity index is 1.05. The van der Waals surface area contributed by atoms with Crippen LogP contribution in [0.3, 0.4) is 0 Å². The summed E-state index contributed by atoms with van der Waals surface area (Å²) in [5.41, 5.74) is 3.18. The number of fused-ring (bicyclic) bond motifs is 7. The Kier molecular flexibility index (Phi) is 6.07. The predicted octanol–water partition coefficient (Wildman–Crippen LogP) is 6.01. The highest BCUT2D eigenvalue weighted by atomic mass is 32.1. The lowest BCUT2D eigenvalue weighted by Crippen LogP contribution is -2.62. The number of aromatic nitrogens is 3. The number of hydrogen-bond donors (Lipinski definition) is 2. The van der Waals surface area contributed by atoms with Crippen LogP contribution in [0.5, 0.6) is 5.19 Å². The molecule has 4 aromatic rings. The van der Waals surface area contributed by atoms with E-state index in [0.717, 1.165) is 47.3 Å². The normalized spacial score (nSPS) is 34.6. The maximum Gasteiger partial charge on any atom is 0.274 e. The number of benzene rings is 2. The zero-order valence-electron chi connectivity index (χ0n) is 24.6. The number of ketones is 1. The van der Waals surface area contributed by atoms with Gasteiger partial charge in [0, 0.05) is 5.41 Å². The first kappa shape index (κ1) is 27.2. The van der Waals surface area contributed by atoms with E-state index in [-0.39, 0.29) is 35.6 Å². The molecule has 0 radical (unpaired) electrons. The average molecular weight is 596 g/mol. The molecule has 3 saturated carbocycles. The van der Waals surface area contributed by atoms with E-state index in [1.54, 1.807) is 0 Å². The number of carbonyl (C=O) groups is 1. The van der Waals surface area contributed by atoms with Crippen LogP contribution in [0.2, 0.25) is 0 Å². The molecule has 7 atom stereocenters. The predicted molar refractivity (Wildman–Crippen MR) is 166 cm³/mol. The first-order valence-electron chi connectivity index (χ1n) is 15.5. The van der Waals surface area contributed by atoms with Gasteiger partial charge in [0.1, 0.15) is 5.60 Å². The van der Waals surface area contributed by atoms with Gasteiger partial charge in [-0.05, 0) is 97.6 Å². The van der Waals surface area contributed by atoms with Crippen molar-refractivity contribution < 1.29 is 19.7 Å². The topological polar surface area (TPSA) is 97.5 Å². The number of carbonyl (C=O) groups excluding carboxylic acids is 1. The number of nitrogens with zero attached hydrogens (tertiary/aromatic N) is 3. The molecule has 2 aromatic heterocycles. The van der Waals surface area contributed by atoms with Gasteiger partial charge in [-0.2, -0.15) is 5.10 Å². The second-order valence-electron chi connectivity index (χ2n) is 13.6. The van der Waals surface area contributed by atoms with Gasteiger partial charge < -0.3 is 14.9 Å². The second kappa shape index (κ2) is 9.58. The number of hydrogen-bond acceptors (Lipinski definition) is 7. The maximum atomic E-state index is 13.7. The molecule has 222 valence electrons. The summed E-state index contributed by atoms with van der Waals surface area (Å²) in [6.07, 6.45) is 8.01. The fraction of sp³-hybridized carbons (Fsp3) is 0.457. The fourth-order valence-corrected chi connectivity index (χ4v) is 10.4. The van der Waals surface area contributed by atoms with Crippen molar-refractivity contribution in [3.63, 3.8) is 0 Å². The molecule has 4 aliphatic rings. The summed E-state index contributed by atoms with van der Waals surface area (Å²) in [7, 11) is 0. The first-order valence-corrected chi connectivity index (χ1v) is 16.3. The van der Waals surface area contributed by atoms with Crippen LogP contribution in [-0.4, -0.2) is 49.1 Å². The number of allylic oxidation sites excluding steroid dienone is 1. The smallest absolute Gasteiger partial charge is 0.274 e. The van der Waals surface area contributed by atoms with Gasteiger partial charge in [-0.25, -0.2) is 9.67 Å². The molecular formula is C35H37N3O4S. The largest absolute Gasteiger partial charge is 0.462 e. The number of thiazole rings is 1. The number of rotatable bonds is 5. The van der Waals surface area contributed by atoms with Crippen molar-refractivity contribution in [1.29, 1.82) is 0 Å². The van der Waals surface area contributed by atoms with Crippen LogP contribution >= 0.6 is 11.3 Å². The van der Waals surface area contributed by atoms with Crippen LogP contribution in [0, 0.1) is 28.6 Å². The monoisotopic (exact) mass is 595 g/mol. The summed E-state index contributed by atoms with van der Waals surface area (Å²) in [6.45, 7) is 4.14. The Bertz CT molecular complexity index is 1730. The minimum atomic E-state index is -1.53. The average Bonchev–Trinajstić information content (AvgIpc) is 3.68. The van der Waals surface area contributed by atoms with Gasteiger partial charge in [0.25, 0.3) is 5.19 Å². The minimum Gasteiger partial charge on any atom is -0.462 e. The van der Waals surface area contributed by atoms with Crippen LogP contribution < -0.4 is 4.74 Å². The molecule has 0 amide bonds. The number of para-hydroxylation sites is 2. The molecular weight excluding hydrogens is 558 g/mol. The van der Waals surface area contributed by atoms with E-state index in [1.807, 2.05) is 60.3 Å². The van der Waals surface area contributed by atoms with E-state index >= 15 is 0 Å². The number of ether oxygens (including phenoxy) is 1. The molecule has 7 nitrogen and oxygen atoms in total. The molecule has 4 aliphatic carbocycles. The summed E-state index contributed by atoms with van der Waals surface area (Å²) in [6, 6.07) is 18.0. The summed E-state index contributed by atoms with van der Waals surface area (Å²) >= 11 is 1.40. The Morgan fingerprint density at radius 1 is 1.12 bits per heavy atom. The lowest BCUT2D eigenvalue weighted by Gasteiger charge is -2.60. The lowest BCUT2D eigenvalue weighted by atomic mass is 9.45. The van der Waals surface area contributed by atoms with Gasteiger partial charge in [-0.1, -0.05) is 61.1 Å². The Hall–Kier alpha value is -3.33. The number of aliphatic hydroxyl groups excluding tert-OH is 1. The minimum absolute atomic E-state index is 0.0650. The fourth-order valence-electron chi connectivity index (χ4n) is 9.58. The van der Waals surface area contributed by atoms with Gasteiger partial charge in [0.05, 0.1) is 33.9 Å². The molecule has 2 heterocycles. The van der Waals surface area contributed by atoms with Gasteiger partial charge in [0.2, 0.25) is 5.78 Å². The molecule has 0 aliphatic heterocycles. The summed E-state index contributed by atoms with van der Waals surface area (Å²) in [4.78, 5) is 18.2. The van der Waals surface area contributed by atoms with Crippen molar-refractivity contribution in [1.82, 2.24) is 14.8 Å². The molecule has 0 bridgehead atoms. The van der Waals surface area contributed by atoms with E-state index in [1.165, 1.54) is 22.5 Å². The van der Waals surface area contributed by atoms with Crippen molar-refractivity contribution >= 4 is 33.4 Å². The molecule has 3 fully saturated rings. The van der Waals surface area contributed by atoms with Crippen LogP contribution in [0.4, 0.5) is 0 Å². The number of aliphatic hydroxyl groups is 2. The molecule has 0 saturated heterocycles. The molecule has 2 N–H and O–H groups in total. The van der Waals surface area contributed by atoms with Crippen LogP contribution in [0.25, 0.3) is 22.0 Å². The SMILES string of the molecule is CC12Cc3cnn(-c4ccccc4)c3C=C1CCC1C2C(O)CC2(C)C1CCC2(O)C(=O)COc1nc2ccccc2s1. The van der Waals surface area contributed by atoms with E-state index in [9.17, 15) is 15.0 Å². The third kappa shape index (κ3) is 3.89. The summed E-state index contributed by atoms with van der Waals surface area (Å²) in [5, 5.41) is 29.2. The molecule has 8 heteroatoms. The Morgan fingerprint density at radius 2 is 1.91 bits per heavy atom. The van der Waals surface area contributed by atoms with E-state index < -0.39 is 17.1 Å². The second-order valence-corrected chi connectivity index (χ2v) is 14.6. The molecule has 7 unspecified atom stereocenters. The van der Waals surface area contributed by atoms with E-state index in [2.05, 4.69) is 30.1 Å². The highest BCUT2D eigenvalue weighted by Crippen LogP contribution is 2.67. The molecule has 0 spiro atoms.